The van der Waals surface area contributed by atoms with Crippen LogP contribution in [-0.4, -0.2) is 62.7 Å². The molecule has 0 unspecified atom stereocenters. The number of para-hydroxylation sites is 2. The number of fused-ring (bicyclic) bond motifs is 1. The number of nitrogens with zero attached hydrogens (tertiary/aromatic N) is 3. The molecule has 1 heterocycles. The van der Waals surface area contributed by atoms with Crippen molar-refractivity contribution in [3.8, 4) is 5.75 Å². The summed E-state index contributed by atoms with van der Waals surface area (Å²) < 4.78 is 34.7. The third-order valence-electron chi connectivity index (χ3n) is 5.55. The van der Waals surface area contributed by atoms with Gasteiger partial charge in [0.25, 0.3) is 10.0 Å². The molecular formula is C27H28N6O5S. The lowest BCUT2D eigenvalue weighted by Crippen LogP contribution is -2.27. The van der Waals surface area contributed by atoms with Gasteiger partial charge in [0.05, 0.1) is 35.3 Å². The molecule has 3 N–H and O–H groups in total. The van der Waals surface area contributed by atoms with Crippen LogP contribution in [0.3, 0.4) is 0 Å². The predicted octanol–water partition coefficient (Wildman–Crippen LogP) is 3.89. The summed E-state index contributed by atoms with van der Waals surface area (Å²) in [5.41, 5.74) is 2.04. The Hall–Kier alpha value is -4.55. The van der Waals surface area contributed by atoms with E-state index >= 15 is 0 Å². The zero-order chi connectivity index (χ0) is 28.2. The van der Waals surface area contributed by atoms with E-state index in [0.29, 0.717) is 33.7 Å². The van der Waals surface area contributed by atoms with Gasteiger partial charge in [-0.05, 0) is 63.5 Å². The van der Waals surface area contributed by atoms with Crippen LogP contribution in [0.5, 0.6) is 5.75 Å². The molecule has 3 aromatic carbocycles. The van der Waals surface area contributed by atoms with Crippen molar-refractivity contribution in [3.63, 3.8) is 0 Å². The molecule has 0 aliphatic heterocycles. The van der Waals surface area contributed by atoms with Gasteiger partial charge in [0.1, 0.15) is 5.75 Å². The molecule has 0 aliphatic rings. The van der Waals surface area contributed by atoms with E-state index in [1.54, 1.807) is 67.5 Å². The largest absolute Gasteiger partial charge is 0.497 e. The van der Waals surface area contributed by atoms with E-state index in [1.807, 2.05) is 0 Å². The average Bonchev–Trinajstić information content (AvgIpc) is 2.88. The van der Waals surface area contributed by atoms with Crippen LogP contribution < -0.4 is 20.1 Å². The van der Waals surface area contributed by atoms with E-state index in [2.05, 4.69) is 25.3 Å². The lowest BCUT2D eigenvalue weighted by atomic mass is 10.1. The normalized spacial score (nSPS) is 11.3. The van der Waals surface area contributed by atoms with Crippen molar-refractivity contribution in [2.45, 2.75) is 11.8 Å². The molecule has 0 atom stereocenters. The zero-order valence-electron chi connectivity index (χ0n) is 21.8. The van der Waals surface area contributed by atoms with Crippen molar-refractivity contribution in [1.82, 2.24) is 14.9 Å². The molecule has 4 rings (SSSR count). The SMILES string of the molecule is COc1ccc(C(C)=O)c(Nc2nc3ccccc3nc2NS(=O)(=O)c2cccc(NC(=O)CN(C)C)c2)c1. The van der Waals surface area contributed by atoms with Gasteiger partial charge in [-0.25, -0.2) is 18.4 Å². The average molecular weight is 549 g/mol. The number of aromatic nitrogens is 2. The molecule has 4 aromatic rings. The smallest absolute Gasteiger partial charge is 0.263 e. The summed E-state index contributed by atoms with van der Waals surface area (Å²) in [6.07, 6.45) is 0. The summed E-state index contributed by atoms with van der Waals surface area (Å²) in [4.78, 5) is 35.1. The number of sulfonamides is 1. The molecule has 0 spiro atoms. The quantitative estimate of drug-likeness (QED) is 0.252. The number of Topliss-reactive ketones (excluding diaryl/α,β-unsaturated/α-hetero) is 1. The lowest BCUT2D eigenvalue weighted by Gasteiger charge is -2.16. The Labute approximate surface area is 226 Å². The molecular weight excluding hydrogens is 520 g/mol. The number of amides is 1. The van der Waals surface area contributed by atoms with Crippen LogP contribution >= 0.6 is 0 Å². The van der Waals surface area contributed by atoms with Gasteiger partial charge in [0.2, 0.25) is 5.91 Å². The monoisotopic (exact) mass is 548 g/mol. The van der Waals surface area contributed by atoms with Crippen molar-refractivity contribution in [3.05, 3.63) is 72.3 Å². The van der Waals surface area contributed by atoms with Crippen LogP contribution in [0.2, 0.25) is 0 Å². The van der Waals surface area contributed by atoms with E-state index in [4.69, 9.17) is 4.74 Å². The number of hydrogen-bond acceptors (Lipinski definition) is 9. The van der Waals surface area contributed by atoms with Gasteiger partial charge < -0.3 is 20.3 Å². The molecule has 11 nitrogen and oxygen atoms in total. The maximum atomic E-state index is 13.4. The molecule has 39 heavy (non-hydrogen) atoms. The van der Waals surface area contributed by atoms with E-state index < -0.39 is 10.0 Å². The van der Waals surface area contributed by atoms with E-state index in [0.717, 1.165) is 0 Å². The maximum Gasteiger partial charge on any atom is 0.263 e. The van der Waals surface area contributed by atoms with Crippen LogP contribution in [0.4, 0.5) is 23.0 Å². The lowest BCUT2D eigenvalue weighted by molar-refractivity contribution is -0.116. The molecule has 0 saturated heterocycles. The third kappa shape index (κ3) is 6.67. The number of likely N-dealkylation sites (N-methyl/N-ethyl adjacent to an activating group) is 1. The second-order valence-electron chi connectivity index (χ2n) is 8.92. The molecule has 1 amide bonds. The summed E-state index contributed by atoms with van der Waals surface area (Å²) in [5, 5.41) is 5.74. The Morgan fingerprint density at radius 3 is 2.26 bits per heavy atom. The number of nitrogens with one attached hydrogen (secondary N) is 3. The van der Waals surface area contributed by atoms with Crippen molar-refractivity contribution in [2.24, 2.45) is 0 Å². The van der Waals surface area contributed by atoms with Crippen molar-refractivity contribution in [2.75, 3.05) is 43.1 Å². The molecule has 1 aromatic heterocycles. The summed E-state index contributed by atoms with van der Waals surface area (Å²) in [5.74, 6) is 0.0150. The first-order chi connectivity index (χ1) is 18.6. The fraction of sp³-hybridized carbons (Fsp3) is 0.185. The number of anilines is 4. The summed E-state index contributed by atoms with van der Waals surface area (Å²) in [6, 6.07) is 17.8. The number of ether oxygens (including phenoxy) is 1. The predicted molar refractivity (Wildman–Crippen MR) is 150 cm³/mol. The Morgan fingerprint density at radius 1 is 0.923 bits per heavy atom. The molecule has 0 bridgehead atoms. The first kappa shape index (κ1) is 27.5. The van der Waals surface area contributed by atoms with Crippen LogP contribution in [0.1, 0.15) is 17.3 Å². The van der Waals surface area contributed by atoms with Crippen LogP contribution in [0.25, 0.3) is 11.0 Å². The van der Waals surface area contributed by atoms with Crippen molar-refractivity contribution >= 4 is 55.8 Å². The number of carbonyl (C=O) groups excluding carboxylic acids is 2. The second-order valence-corrected chi connectivity index (χ2v) is 10.6. The minimum Gasteiger partial charge on any atom is -0.497 e. The fourth-order valence-electron chi connectivity index (χ4n) is 3.76. The number of carbonyl (C=O) groups is 2. The number of rotatable bonds is 10. The number of hydrogen-bond donors (Lipinski definition) is 3. The van der Waals surface area contributed by atoms with Crippen LogP contribution in [-0.2, 0) is 14.8 Å². The highest BCUT2D eigenvalue weighted by molar-refractivity contribution is 7.92. The third-order valence-corrected chi connectivity index (χ3v) is 6.89. The first-order valence-electron chi connectivity index (χ1n) is 11.9. The van der Waals surface area contributed by atoms with Crippen molar-refractivity contribution in [1.29, 1.82) is 0 Å². The summed E-state index contributed by atoms with van der Waals surface area (Å²) >= 11 is 0. The maximum absolute atomic E-state index is 13.4. The minimum absolute atomic E-state index is 0.0759. The van der Waals surface area contributed by atoms with Gasteiger partial charge in [-0.15, -0.1) is 0 Å². The van der Waals surface area contributed by atoms with E-state index in [1.165, 1.54) is 32.2 Å². The molecule has 0 aliphatic carbocycles. The molecule has 0 fully saturated rings. The fourth-order valence-corrected chi connectivity index (χ4v) is 4.82. The highest BCUT2D eigenvalue weighted by atomic mass is 32.2. The van der Waals surface area contributed by atoms with E-state index in [9.17, 15) is 18.0 Å². The van der Waals surface area contributed by atoms with Gasteiger partial charge in [-0.3, -0.25) is 14.3 Å². The standard InChI is InChI=1S/C27H28N6O5S/c1-17(34)21-13-12-19(38-4)15-24(21)31-26-27(30-23-11-6-5-10-22(23)29-26)32-39(36,37)20-9-7-8-18(14-20)28-25(35)16-33(2)3/h5-15H,16H2,1-4H3,(H,28,35)(H,29,31)(H,30,32). The van der Waals surface area contributed by atoms with Crippen LogP contribution in [0, 0.1) is 0 Å². The van der Waals surface area contributed by atoms with Gasteiger partial charge in [0, 0.05) is 17.3 Å². The Kier molecular flexibility index (Phi) is 8.07. The zero-order valence-corrected chi connectivity index (χ0v) is 22.7. The van der Waals surface area contributed by atoms with E-state index in [-0.39, 0.29) is 34.8 Å². The highest BCUT2D eigenvalue weighted by Crippen LogP contribution is 2.31. The summed E-state index contributed by atoms with van der Waals surface area (Å²) in [6.45, 7) is 1.57. The highest BCUT2D eigenvalue weighted by Gasteiger charge is 2.21. The van der Waals surface area contributed by atoms with Crippen LogP contribution in [0.15, 0.2) is 71.6 Å². The molecule has 202 valence electrons. The van der Waals surface area contributed by atoms with Gasteiger partial charge in [-0.1, -0.05) is 18.2 Å². The Morgan fingerprint density at radius 2 is 1.62 bits per heavy atom. The number of ketones is 1. The number of benzene rings is 3. The van der Waals surface area contributed by atoms with Gasteiger partial charge in [-0.2, -0.15) is 0 Å². The first-order valence-corrected chi connectivity index (χ1v) is 13.3. The van der Waals surface area contributed by atoms with Gasteiger partial charge >= 0.3 is 0 Å². The molecule has 12 heteroatoms. The Balaban J connectivity index is 1.73. The minimum atomic E-state index is -4.16. The second kappa shape index (κ2) is 11.5. The Bertz CT molecular complexity index is 1660. The topological polar surface area (TPSA) is 143 Å². The molecule has 0 radical (unpaired) electrons. The van der Waals surface area contributed by atoms with Crippen molar-refractivity contribution < 1.29 is 22.7 Å². The molecule has 0 saturated carbocycles. The van der Waals surface area contributed by atoms with Gasteiger partial charge in [0.15, 0.2) is 17.4 Å². The number of methoxy groups -OCH3 is 1. The summed E-state index contributed by atoms with van der Waals surface area (Å²) in [7, 11) is 0.847.